The Morgan fingerprint density at radius 2 is 0.879 bits per heavy atom. The number of hydrogen-bond donors (Lipinski definition) is 18. The molecule has 6 fully saturated rings. The Labute approximate surface area is 720 Å². The van der Waals surface area contributed by atoms with Crippen molar-refractivity contribution in [3.05, 3.63) is 108 Å². The van der Waals surface area contributed by atoms with Crippen LogP contribution in [0.25, 0.3) is 21.8 Å². The first-order valence-corrected chi connectivity index (χ1v) is 43.7. The minimum atomic E-state index is -1.25. The summed E-state index contributed by atoms with van der Waals surface area (Å²) >= 11 is 0. The Kier molecular flexibility index (Phi) is 35.6. The second kappa shape index (κ2) is 46.9. The van der Waals surface area contributed by atoms with E-state index in [1.807, 2.05) is 48.5 Å². The van der Waals surface area contributed by atoms with E-state index >= 15 is 0 Å². The lowest BCUT2D eigenvalue weighted by atomic mass is 9.84. The van der Waals surface area contributed by atoms with Crippen LogP contribution in [0.15, 0.2) is 95.2 Å². The van der Waals surface area contributed by atoms with E-state index in [1.54, 1.807) is 18.5 Å². The molecule has 0 spiro atoms. The monoisotopic (exact) mass is 1720 g/mol. The summed E-state index contributed by atoms with van der Waals surface area (Å²) in [7, 11) is 0. The van der Waals surface area contributed by atoms with Gasteiger partial charge in [-0.3, -0.25) is 77.1 Å². The van der Waals surface area contributed by atoms with Crippen LogP contribution in [0.3, 0.4) is 0 Å². The zero-order valence-electron chi connectivity index (χ0n) is 70.8. The fourth-order valence-electron chi connectivity index (χ4n) is 17.5. The number of rotatable bonds is 24. The number of nitrogens with two attached hydrogens (primary N) is 4. The molecule has 2 aliphatic carbocycles. The first-order chi connectivity index (χ1) is 59.7. The van der Waals surface area contributed by atoms with E-state index in [2.05, 4.69) is 83.8 Å². The number of nitrogens with zero attached hydrogens (tertiary/aromatic N) is 4. The van der Waals surface area contributed by atoms with Gasteiger partial charge >= 0.3 is 0 Å². The molecule has 672 valence electrons. The Morgan fingerprint density at radius 1 is 0.460 bits per heavy atom. The highest BCUT2D eigenvalue weighted by Gasteiger charge is 2.44. The zero-order chi connectivity index (χ0) is 88.8. The lowest BCUT2D eigenvalue weighted by Crippen LogP contribution is -2.60. The average molecular weight is 1720 g/mol. The summed E-state index contributed by atoms with van der Waals surface area (Å²) < 4.78 is 14.8. The van der Waals surface area contributed by atoms with Crippen molar-refractivity contribution in [3.8, 4) is 0 Å². The van der Waals surface area contributed by atoms with Crippen LogP contribution >= 0.6 is 0 Å². The third kappa shape index (κ3) is 27.9. The van der Waals surface area contributed by atoms with Crippen molar-refractivity contribution in [1.29, 1.82) is 0 Å². The van der Waals surface area contributed by atoms with E-state index in [4.69, 9.17) is 22.9 Å². The second-order valence-corrected chi connectivity index (χ2v) is 33.3. The first-order valence-electron chi connectivity index (χ1n) is 43.7. The molecule has 22 N–H and O–H groups in total. The fraction of sp³-hybridized carbons (Fsp3) is 0.563. The Bertz CT molecular complexity index is 4630. The fourth-order valence-corrected chi connectivity index (χ4v) is 17.5. The van der Waals surface area contributed by atoms with Crippen LogP contribution in [0.2, 0.25) is 0 Å². The van der Waals surface area contributed by atoms with E-state index in [0.717, 1.165) is 97.1 Å². The number of para-hydroxylation sites is 2. The molecular weight excluding hydrogens is 1600 g/mol. The van der Waals surface area contributed by atoms with Crippen LogP contribution in [-0.4, -0.2) is 227 Å². The van der Waals surface area contributed by atoms with Crippen molar-refractivity contribution in [2.75, 3.05) is 45.8 Å². The molecule has 0 unspecified atom stereocenters. The summed E-state index contributed by atoms with van der Waals surface area (Å²) in [6.07, 6.45) is 17.0. The lowest BCUT2D eigenvalue weighted by molar-refractivity contribution is -0.143. The van der Waals surface area contributed by atoms with Gasteiger partial charge in [0, 0.05) is 107 Å². The number of hydrogen-bond acceptors (Lipinski definition) is 16. The number of carbonyl (C=O) groups is 14. The Morgan fingerprint density at radius 3 is 1.32 bits per heavy atom. The number of fused-ring (bicyclic) bond motifs is 4. The second-order valence-electron chi connectivity index (χ2n) is 33.3. The number of aliphatic imine (C=N–C) groups is 2. The quantitative estimate of drug-likeness (QED) is 0.0234. The Hall–Kier alpha value is -12.2. The van der Waals surface area contributed by atoms with Crippen LogP contribution in [0.5, 0.6) is 0 Å². The number of aromatic amines is 2. The van der Waals surface area contributed by atoms with Gasteiger partial charge in [0.1, 0.15) is 72.3 Å². The number of aromatic nitrogens is 2. The van der Waals surface area contributed by atoms with E-state index in [1.165, 1.54) is 41.8 Å². The molecule has 4 saturated heterocycles. The first kappa shape index (κ1) is 94.0. The minimum Gasteiger partial charge on any atom is -0.370 e. The third-order valence-electron chi connectivity index (χ3n) is 23.9. The average Bonchev–Trinajstić information content (AvgIpc) is 1.38. The summed E-state index contributed by atoms with van der Waals surface area (Å²) in [5.74, 6) is -8.22. The highest BCUT2D eigenvalue weighted by Crippen LogP contribution is 2.32. The van der Waals surface area contributed by atoms with Crippen molar-refractivity contribution in [2.24, 2.45) is 44.8 Å². The Balaban J connectivity index is 0.000000262. The van der Waals surface area contributed by atoms with E-state index in [9.17, 15) is 71.5 Å². The van der Waals surface area contributed by atoms with E-state index in [-0.39, 0.29) is 133 Å². The zero-order valence-corrected chi connectivity index (χ0v) is 70.8. The molecule has 5 aromatic rings. The van der Waals surface area contributed by atoms with Gasteiger partial charge in [-0.05, 0) is 137 Å². The number of halogens is 1. The molecule has 2 aromatic heterocycles. The van der Waals surface area contributed by atoms with Crippen molar-refractivity contribution in [2.45, 2.75) is 254 Å². The van der Waals surface area contributed by atoms with Gasteiger partial charge in [-0.1, -0.05) is 119 Å². The van der Waals surface area contributed by atoms with Gasteiger partial charge in [0.15, 0.2) is 11.9 Å². The number of amides is 14. The summed E-state index contributed by atoms with van der Waals surface area (Å²) in [5, 5.41) is 35.4. The maximum atomic E-state index is 14.8. The number of carbonyl (C=O) groups excluding carboxylic acids is 14. The van der Waals surface area contributed by atoms with Crippen LogP contribution in [0.4, 0.5) is 4.39 Å². The lowest BCUT2D eigenvalue weighted by Gasteiger charge is -2.32. The van der Waals surface area contributed by atoms with Gasteiger partial charge in [-0.2, -0.15) is 0 Å². The predicted octanol–water partition coefficient (Wildman–Crippen LogP) is 1.17. The molecule has 11 rings (SSSR count). The van der Waals surface area contributed by atoms with E-state index < -0.39 is 155 Å². The normalized spacial score (nSPS) is 23.8. The van der Waals surface area contributed by atoms with Crippen molar-refractivity contribution in [1.82, 2.24) is 83.6 Å². The molecule has 37 heteroatoms. The standard InChI is InChI=1S/C47H64FN11O7.C40H59N11O7/c1-28(60)54-38(25-30-14-5-7-16-33(30)48)43(63)56-36-19-10-21-51-41(61)35(18-9-22-52-47(49)50)55-44(64)39(26-31-27-53-34-17-8-6-15-32(31)34)57-42(62)37(24-29-12-3-2-4-13-29)58-45(65)40-20-11-23-59(40)46(36)66;1-24(52)45-23-34(53)47-30-15-8-17-43-35(54)29(14-7-18-44-40(41)42)48-37(56)32(21-26-22-46-28-13-6-5-12-27(26)28)49-36(55)31(20-25-10-3-2-4-11-25)50-38(57)33-16-9-19-51(33)39(30)58/h5-8,14-17,27,29,35-40,53H,2-4,9-13,18-26H2,1H3,(H,51,61)(H,54,60)(H,55,64)(H,56,63)(H,57,62)(H,58,65)(H4,49,50,52);5-6,12-13,22,25,29-33,46H,2-4,7-11,14-21,23H2,1H3,(H,43,54)(H,45,52)(H,47,53)(H,48,56)(H,49,55)(H,50,57)(H4,41,42,44)/t35-,36-,37+,38-,39-,40-;29-,30-,31+,32-,33-/m00/s1. The maximum Gasteiger partial charge on any atom is 0.245 e. The van der Waals surface area contributed by atoms with Crippen LogP contribution < -0.4 is 86.7 Å². The molecular formula is C87H123FN22O14. The predicted molar refractivity (Wildman–Crippen MR) is 462 cm³/mol. The van der Waals surface area contributed by atoms with Crippen molar-refractivity contribution < 1.29 is 71.5 Å². The van der Waals surface area contributed by atoms with Gasteiger partial charge in [0.05, 0.1) is 6.54 Å². The van der Waals surface area contributed by atoms with Crippen LogP contribution in [0.1, 0.15) is 185 Å². The van der Waals surface area contributed by atoms with Gasteiger partial charge < -0.3 is 107 Å². The molecule has 3 aromatic carbocycles. The molecule has 14 amide bonds. The minimum absolute atomic E-state index is 0.00308. The van der Waals surface area contributed by atoms with Gasteiger partial charge in [0.25, 0.3) is 0 Å². The highest BCUT2D eigenvalue weighted by molar-refractivity contribution is 6.00. The molecule has 4 aliphatic heterocycles. The number of nitrogens with one attached hydrogen (secondary N) is 14. The topological polar surface area (TPSA) is 550 Å². The summed E-state index contributed by atoms with van der Waals surface area (Å²) in [5.41, 5.74) is 25.5. The summed E-state index contributed by atoms with van der Waals surface area (Å²) in [6, 6.07) is 9.10. The maximum absolute atomic E-state index is 14.8. The molecule has 0 bridgehead atoms. The van der Waals surface area contributed by atoms with E-state index in [0.29, 0.717) is 51.4 Å². The molecule has 124 heavy (non-hydrogen) atoms. The smallest absolute Gasteiger partial charge is 0.245 e. The SMILES string of the molecule is CC(=O)NCC(=O)N[C@H]1CCCNC(=O)[C@H](CCCN=C(N)N)NC(=O)[C@H](Cc2c[nH]c3ccccc23)NC(=O)[C@@H](CC2CCCCC2)NC(=O)[C@@H]2CCCN2C1=O.CC(=O)N[C@@H](Cc1ccccc1F)C(=O)N[C@H]1CCCNC(=O)[C@H](CCCN=C(N)N)NC(=O)[C@H](Cc2c[nH]c3ccccc23)NC(=O)[C@@H](CC2CCCCC2)NC(=O)[C@@H]2CCCN2C1=O. The molecule has 2 saturated carbocycles. The molecule has 6 heterocycles. The van der Waals surface area contributed by atoms with Gasteiger partial charge in [-0.15, -0.1) is 0 Å². The highest BCUT2D eigenvalue weighted by atomic mass is 19.1. The van der Waals surface area contributed by atoms with Crippen molar-refractivity contribution in [3.63, 3.8) is 0 Å². The number of guanidine groups is 2. The summed E-state index contributed by atoms with van der Waals surface area (Å²) in [4.78, 5) is 211. The third-order valence-corrected chi connectivity index (χ3v) is 23.9. The molecule has 36 nitrogen and oxygen atoms in total. The van der Waals surface area contributed by atoms with Crippen molar-refractivity contribution >= 4 is 116 Å². The molecule has 0 radical (unpaired) electrons. The van der Waals surface area contributed by atoms with Crippen LogP contribution in [0, 0.1) is 17.7 Å². The van der Waals surface area contributed by atoms with Gasteiger partial charge in [0.2, 0.25) is 82.7 Å². The largest absolute Gasteiger partial charge is 0.370 e. The number of benzene rings is 3. The van der Waals surface area contributed by atoms with Gasteiger partial charge in [-0.25, -0.2) is 4.39 Å². The van der Waals surface area contributed by atoms with Crippen LogP contribution in [-0.2, 0) is 86.4 Å². The molecule has 11 atom stereocenters. The number of H-pyrrole nitrogens is 2. The summed E-state index contributed by atoms with van der Waals surface area (Å²) in [6.45, 7) is 3.10. The molecule has 6 aliphatic rings.